The van der Waals surface area contributed by atoms with Gasteiger partial charge in [-0.05, 0) is 24.0 Å². The molecule has 0 bridgehead atoms. The number of hydrogen-bond acceptors (Lipinski definition) is 7. The smallest absolute Gasteiger partial charge is 0.165 e. The van der Waals surface area contributed by atoms with E-state index in [0.29, 0.717) is 34.0 Å². The molecule has 2 unspecified atom stereocenters. The average molecular weight is 391 g/mol. The van der Waals surface area contributed by atoms with E-state index in [0.717, 1.165) is 12.1 Å². The third-order valence-electron chi connectivity index (χ3n) is 5.06. The maximum Gasteiger partial charge on any atom is 0.165 e. The third kappa shape index (κ3) is 3.45. The molecule has 2 aromatic heterocycles. The Kier molecular flexibility index (Phi) is 4.99. The maximum absolute atomic E-state index is 6.15. The van der Waals surface area contributed by atoms with Gasteiger partial charge < -0.3 is 20.5 Å². The highest BCUT2D eigenvalue weighted by Gasteiger charge is 2.36. The minimum Gasteiger partial charge on any atom is -0.497 e. The van der Waals surface area contributed by atoms with Crippen molar-refractivity contribution in [3.8, 4) is 23.3 Å². The summed E-state index contributed by atoms with van der Waals surface area (Å²) in [6, 6.07) is 5.90. The van der Waals surface area contributed by atoms with Crippen LogP contribution in [0.4, 0.5) is 5.82 Å². The van der Waals surface area contributed by atoms with Crippen molar-refractivity contribution in [3.05, 3.63) is 41.7 Å². The minimum atomic E-state index is 0.171. The molecule has 1 saturated heterocycles. The summed E-state index contributed by atoms with van der Waals surface area (Å²) in [4.78, 5) is 8.57. The molecule has 4 rings (SSSR count). The molecule has 29 heavy (non-hydrogen) atoms. The van der Waals surface area contributed by atoms with E-state index >= 15 is 0 Å². The number of ether oxygens (including phenoxy) is 2. The fourth-order valence-corrected chi connectivity index (χ4v) is 3.48. The predicted octanol–water partition coefficient (Wildman–Crippen LogP) is 1.95. The van der Waals surface area contributed by atoms with Gasteiger partial charge in [-0.1, -0.05) is 19.8 Å². The third-order valence-corrected chi connectivity index (χ3v) is 5.06. The maximum atomic E-state index is 6.15. The summed E-state index contributed by atoms with van der Waals surface area (Å²) in [6.07, 6.45) is 1.46. The van der Waals surface area contributed by atoms with Gasteiger partial charge in [0.15, 0.2) is 5.65 Å². The lowest BCUT2D eigenvalue weighted by Crippen LogP contribution is -2.56. The van der Waals surface area contributed by atoms with Crippen molar-refractivity contribution in [2.24, 2.45) is 0 Å². The molecule has 3 heterocycles. The number of benzene rings is 1. The topological polar surface area (TPSA) is 100 Å². The molecule has 1 fully saturated rings. The van der Waals surface area contributed by atoms with Gasteiger partial charge in [-0.2, -0.15) is 5.10 Å². The lowest BCUT2D eigenvalue weighted by molar-refractivity contribution is 0.233. The normalized spacial score (nSPS) is 18.2. The van der Waals surface area contributed by atoms with Crippen LogP contribution in [0.1, 0.15) is 31.1 Å². The van der Waals surface area contributed by atoms with E-state index in [1.54, 1.807) is 20.3 Å². The first-order valence-corrected chi connectivity index (χ1v) is 9.29. The van der Waals surface area contributed by atoms with E-state index in [-0.39, 0.29) is 12.1 Å². The summed E-state index contributed by atoms with van der Waals surface area (Å²) < 4.78 is 12.5. The van der Waals surface area contributed by atoms with Crippen molar-refractivity contribution >= 4 is 16.9 Å². The Bertz CT molecular complexity index is 1090. The van der Waals surface area contributed by atoms with Crippen LogP contribution in [0.2, 0.25) is 0 Å². The van der Waals surface area contributed by atoms with E-state index in [1.807, 2.05) is 16.8 Å². The quantitative estimate of drug-likeness (QED) is 0.656. The van der Waals surface area contributed by atoms with Gasteiger partial charge in [0.05, 0.1) is 25.6 Å². The van der Waals surface area contributed by atoms with E-state index in [1.165, 1.54) is 12.2 Å². The van der Waals surface area contributed by atoms with Gasteiger partial charge >= 0.3 is 0 Å². The minimum absolute atomic E-state index is 0.171. The molecule has 1 aliphatic rings. The molecule has 2 atom stereocenters. The first-order valence-electron chi connectivity index (χ1n) is 9.29. The molecule has 0 aliphatic carbocycles. The molecular weight excluding hydrogens is 368 g/mol. The Labute approximate surface area is 169 Å². The zero-order valence-electron chi connectivity index (χ0n) is 16.9. The van der Waals surface area contributed by atoms with Crippen LogP contribution >= 0.6 is 0 Å². The van der Waals surface area contributed by atoms with Crippen molar-refractivity contribution < 1.29 is 9.47 Å². The number of nitrogens with zero attached hydrogens (tertiary/aromatic N) is 4. The van der Waals surface area contributed by atoms with Gasteiger partial charge in [0, 0.05) is 24.2 Å². The Morgan fingerprint density at radius 2 is 1.86 bits per heavy atom. The summed E-state index contributed by atoms with van der Waals surface area (Å²) in [7, 11) is 3.21. The molecule has 0 spiro atoms. The van der Waals surface area contributed by atoms with E-state index in [2.05, 4.69) is 41.0 Å². The molecule has 149 valence electrons. The van der Waals surface area contributed by atoms with Crippen molar-refractivity contribution in [1.29, 1.82) is 0 Å². The molecule has 8 nitrogen and oxygen atoms in total. The molecule has 1 radical (unpaired) electrons. The summed E-state index contributed by atoms with van der Waals surface area (Å²) >= 11 is 0. The number of aromatic nitrogens is 4. The van der Waals surface area contributed by atoms with Gasteiger partial charge in [0.1, 0.15) is 29.3 Å². The van der Waals surface area contributed by atoms with Crippen molar-refractivity contribution in [1.82, 2.24) is 25.1 Å². The summed E-state index contributed by atoms with van der Waals surface area (Å²) in [5, 5.41) is 8.85. The molecular formula is C21H23N6O2. The molecule has 3 N–H and O–H groups in total. The Morgan fingerprint density at radius 3 is 2.45 bits per heavy atom. The second-order valence-corrected chi connectivity index (χ2v) is 7.13. The summed E-state index contributed by atoms with van der Waals surface area (Å²) in [5.41, 5.74) is 8.15. The molecule has 1 aliphatic heterocycles. The Hall–Kier alpha value is -3.31. The highest BCUT2D eigenvalue weighted by atomic mass is 16.5. The molecule has 0 saturated carbocycles. The number of nitrogen functional groups attached to an aromatic ring is 1. The molecule has 8 heteroatoms. The number of anilines is 1. The number of rotatable bonds is 4. The van der Waals surface area contributed by atoms with Gasteiger partial charge in [-0.15, -0.1) is 0 Å². The number of hydrogen-bond donors (Lipinski definition) is 2. The first-order chi connectivity index (χ1) is 14.0. The molecule has 3 aromatic rings. The van der Waals surface area contributed by atoms with Crippen LogP contribution in [-0.4, -0.2) is 46.6 Å². The van der Waals surface area contributed by atoms with Gasteiger partial charge in [0.25, 0.3) is 0 Å². The van der Waals surface area contributed by atoms with E-state index < -0.39 is 0 Å². The lowest BCUT2D eigenvalue weighted by atomic mass is 9.90. The van der Waals surface area contributed by atoms with Gasteiger partial charge in [-0.3, -0.25) is 0 Å². The average Bonchev–Trinajstić information content (AvgIpc) is 3.04. The Balaban J connectivity index is 1.79. The van der Waals surface area contributed by atoms with Crippen LogP contribution in [0.3, 0.4) is 0 Å². The van der Waals surface area contributed by atoms with Crippen molar-refractivity contribution in [2.45, 2.75) is 25.9 Å². The predicted molar refractivity (Wildman–Crippen MR) is 111 cm³/mol. The van der Waals surface area contributed by atoms with Crippen LogP contribution in [0.5, 0.6) is 11.5 Å². The van der Waals surface area contributed by atoms with Crippen LogP contribution in [0, 0.1) is 17.8 Å². The highest BCUT2D eigenvalue weighted by Crippen LogP contribution is 2.31. The molecule has 1 aromatic carbocycles. The Morgan fingerprint density at radius 1 is 1.14 bits per heavy atom. The van der Waals surface area contributed by atoms with Crippen LogP contribution < -0.4 is 20.5 Å². The largest absolute Gasteiger partial charge is 0.497 e. The number of nitrogens with one attached hydrogen (secondary N) is 1. The molecule has 0 amide bonds. The number of fused-ring (bicyclic) bond motifs is 1. The first kappa shape index (κ1) is 19.0. The monoisotopic (exact) mass is 391 g/mol. The zero-order valence-corrected chi connectivity index (χ0v) is 16.9. The fraction of sp³-hybridized carbons (Fsp3) is 0.333. The van der Waals surface area contributed by atoms with Crippen molar-refractivity contribution in [2.75, 3.05) is 26.5 Å². The SMILES string of the molecule is COc1cc(C#Cc2nn(C3CNC3[C](C)C)c3ncnc(N)c23)cc(OC)c1. The highest BCUT2D eigenvalue weighted by molar-refractivity contribution is 5.90. The number of methoxy groups -OCH3 is 2. The lowest BCUT2D eigenvalue weighted by Gasteiger charge is -2.40. The van der Waals surface area contributed by atoms with Gasteiger partial charge in [0.2, 0.25) is 0 Å². The van der Waals surface area contributed by atoms with Gasteiger partial charge in [-0.25, -0.2) is 14.6 Å². The fourth-order valence-electron chi connectivity index (χ4n) is 3.48. The van der Waals surface area contributed by atoms with Crippen LogP contribution in [0.25, 0.3) is 11.0 Å². The standard InChI is InChI=1S/C21H23N6O2/c1-12(2)19-17(10-23-19)27-21-18(20(22)24-11-25-21)16(26-27)6-5-13-7-14(28-3)9-15(8-13)29-4/h7-9,11,17,19,23H,10H2,1-4H3,(H2,22,24,25). The summed E-state index contributed by atoms with van der Waals surface area (Å²) in [6.45, 7) is 5.03. The summed E-state index contributed by atoms with van der Waals surface area (Å²) in [5.74, 6) is 9.27. The van der Waals surface area contributed by atoms with Crippen molar-refractivity contribution in [3.63, 3.8) is 0 Å². The number of nitrogens with two attached hydrogens (primary N) is 1. The van der Waals surface area contributed by atoms with Crippen LogP contribution in [-0.2, 0) is 0 Å². The second kappa shape index (κ2) is 7.60. The second-order valence-electron chi connectivity index (χ2n) is 7.13. The van der Waals surface area contributed by atoms with E-state index in [4.69, 9.17) is 20.3 Å². The van der Waals surface area contributed by atoms with Crippen LogP contribution in [0.15, 0.2) is 24.5 Å². The van der Waals surface area contributed by atoms with E-state index in [9.17, 15) is 0 Å². The zero-order chi connectivity index (χ0) is 20.5.